The zero-order chi connectivity index (χ0) is 8.27. The maximum absolute atomic E-state index is 5.09. The molecular weight excluding hydrogens is 204 g/mol. The second-order valence-electron chi connectivity index (χ2n) is 2.31. The van der Waals surface area contributed by atoms with Crippen LogP contribution in [0.5, 0.6) is 5.75 Å². The smallest absolute Gasteiger partial charge is 0.119 e. The molecule has 2 heteroatoms. The number of halogens is 1. The van der Waals surface area contributed by atoms with Crippen molar-refractivity contribution in [3.8, 4) is 5.75 Å². The zero-order valence-corrected chi connectivity index (χ0v) is 8.31. The molecule has 0 saturated carbocycles. The van der Waals surface area contributed by atoms with Crippen LogP contribution in [0.3, 0.4) is 0 Å². The van der Waals surface area contributed by atoms with Gasteiger partial charge in [-0.3, -0.25) is 0 Å². The van der Waals surface area contributed by atoms with Crippen LogP contribution in [0, 0.1) is 0 Å². The van der Waals surface area contributed by atoms with Crippen LogP contribution in [-0.4, -0.2) is 7.11 Å². The summed E-state index contributed by atoms with van der Waals surface area (Å²) in [6.45, 7) is 2.12. The standard InChI is InChI=1S/C9H11BrO/c1-3-7-6-8(11-2)4-5-9(7)10/h4-6H,3H2,1-2H3. The normalized spacial score (nSPS) is 9.73. The largest absolute Gasteiger partial charge is 0.497 e. The van der Waals surface area contributed by atoms with Crippen molar-refractivity contribution < 1.29 is 4.74 Å². The van der Waals surface area contributed by atoms with E-state index in [-0.39, 0.29) is 0 Å². The Hall–Kier alpha value is -0.500. The summed E-state index contributed by atoms with van der Waals surface area (Å²) in [6.07, 6.45) is 1.03. The van der Waals surface area contributed by atoms with Gasteiger partial charge in [0.05, 0.1) is 7.11 Å². The van der Waals surface area contributed by atoms with E-state index < -0.39 is 0 Å². The minimum atomic E-state index is 0.921. The van der Waals surface area contributed by atoms with E-state index in [1.807, 2.05) is 18.2 Å². The molecule has 1 rings (SSSR count). The molecule has 0 heterocycles. The fourth-order valence-corrected chi connectivity index (χ4v) is 1.48. The number of methoxy groups -OCH3 is 1. The first-order valence-corrected chi connectivity index (χ1v) is 4.39. The van der Waals surface area contributed by atoms with Crippen molar-refractivity contribution in [1.82, 2.24) is 0 Å². The zero-order valence-electron chi connectivity index (χ0n) is 6.73. The lowest BCUT2D eigenvalue weighted by molar-refractivity contribution is 0.414. The van der Waals surface area contributed by atoms with Crippen molar-refractivity contribution in [3.05, 3.63) is 28.2 Å². The van der Waals surface area contributed by atoms with Crippen molar-refractivity contribution in [2.75, 3.05) is 7.11 Å². The summed E-state index contributed by atoms with van der Waals surface area (Å²) < 4.78 is 6.24. The molecule has 1 aromatic rings. The third-order valence-electron chi connectivity index (χ3n) is 1.63. The van der Waals surface area contributed by atoms with Crippen LogP contribution < -0.4 is 4.74 Å². The van der Waals surface area contributed by atoms with Gasteiger partial charge in [-0.15, -0.1) is 0 Å². The molecule has 0 bridgehead atoms. The highest BCUT2D eigenvalue weighted by Gasteiger charge is 1.98. The lowest BCUT2D eigenvalue weighted by Crippen LogP contribution is -1.86. The quantitative estimate of drug-likeness (QED) is 0.736. The second kappa shape index (κ2) is 3.77. The SMILES string of the molecule is CCc1cc(OC)ccc1Br. The number of ether oxygens (including phenoxy) is 1. The van der Waals surface area contributed by atoms with E-state index in [1.54, 1.807) is 7.11 Å². The summed E-state index contributed by atoms with van der Waals surface area (Å²) >= 11 is 3.46. The molecule has 0 saturated heterocycles. The Balaban J connectivity index is 3.02. The summed E-state index contributed by atoms with van der Waals surface area (Å²) in [5, 5.41) is 0. The summed E-state index contributed by atoms with van der Waals surface area (Å²) in [5.74, 6) is 0.921. The van der Waals surface area contributed by atoms with E-state index >= 15 is 0 Å². The lowest BCUT2D eigenvalue weighted by atomic mass is 10.2. The Kier molecular flexibility index (Phi) is 2.94. The first kappa shape index (κ1) is 8.60. The van der Waals surface area contributed by atoms with Crippen LogP contribution >= 0.6 is 15.9 Å². The van der Waals surface area contributed by atoms with Crippen molar-refractivity contribution in [2.24, 2.45) is 0 Å². The number of hydrogen-bond donors (Lipinski definition) is 0. The van der Waals surface area contributed by atoms with Gasteiger partial charge in [-0.25, -0.2) is 0 Å². The average molecular weight is 215 g/mol. The third-order valence-corrected chi connectivity index (χ3v) is 2.41. The van der Waals surface area contributed by atoms with Crippen LogP contribution in [0.2, 0.25) is 0 Å². The molecule has 0 aliphatic rings. The van der Waals surface area contributed by atoms with Gasteiger partial charge in [0.15, 0.2) is 0 Å². The molecule has 0 aliphatic heterocycles. The fraction of sp³-hybridized carbons (Fsp3) is 0.333. The number of benzene rings is 1. The predicted molar refractivity (Wildman–Crippen MR) is 50.1 cm³/mol. The van der Waals surface area contributed by atoms with Gasteiger partial charge in [-0.05, 0) is 30.2 Å². The highest BCUT2D eigenvalue weighted by atomic mass is 79.9. The minimum absolute atomic E-state index is 0.921. The van der Waals surface area contributed by atoms with Gasteiger partial charge in [0.2, 0.25) is 0 Å². The summed E-state index contributed by atoms with van der Waals surface area (Å²) in [6, 6.07) is 6.00. The molecule has 0 aromatic heterocycles. The van der Waals surface area contributed by atoms with E-state index in [1.165, 1.54) is 5.56 Å². The topological polar surface area (TPSA) is 9.23 Å². The monoisotopic (exact) mass is 214 g/mol. The number of aryl methyl sites for hydroxylation is 1. The van der Waals surface area contributed by atoms with E-state index in [9.17, 15) is 0 Å². The second-order valence-corrected chi connectivity index (χ2v) is 3.17. The minimum Gasteiger partial charge on any atom is -0.497 e. The molecule has 0 amide bonds. The molecule has 0 spiro atoms. The van der Waals surface area contributed by atoms with Crippen LogP contribution in [-0.2, 0) is 6.42 Å². The fourth-order valence-electron chi connectivity index (χ4n) is 0.949. The lowest BCUT2D eigenvalue weighted by Gasteiger charge is -2.03. The molecule has 1 nitrogen and oxygen atoms in total. The number of hydrogen-bond acceptors (Lipinski definition) is 1. The maximum atomic E-state index is 5.09. The third kappa shape index (κ3) is 1.96. The van der Waals surface area contributed by atoms with Crippen molar-refractivity contribution in [1.29, 1.82) is 0 Å². The summed E-state index contributed by atoms with van der Waals surface area (Å²) in [7, 11) is 1.68. The Labute approximate surface area is 75.5 Å². The Morgan fingerprint density at radius 3 is 2.73 bits per heavy atom. The van der Waals surface area contributed by atoms with E-state index in [2.05, 4.69) is 22.9 Å². The molecule has 1 aromatic carbocycles. The Bertz CT molecular complexity index is 245. The van der Waals surface area contributed by atoms with Gasteiger partial charge < -0.3 is 4.74 Å². The summed E-state index contributed by atoms with van der Waals surface area (Å²) in [4.78, 5) is 0. The molecule has 0 unspecified atom stereocenters. The van der Waals surface area contributed by atoms with Crippen LogP contribution in [0.1, 0.15) is 12.5 Å². The molecule has 0 fully saturated rings. The van der Waals surface area contributed by atoms with Gasteiger partial charge >= 0.3 is 0 Å². The van der Waals surface area contributed by atoms with Crippen molar-refractivity contribution in [2.45, 2.75) is 13.3 Å². The maximum Gasteiger partial charge on any atom is 0.119 e. The van der Waals surface area contributed by atoms with Crippen molar-refractivity contribution >= 4 is 15.9 Å². The molecule has 0 N–H and O–H groups in total. The van der Waals surface area contributed by atoms with E-state index in [0.717, 1.165) is 16.6 Å². The molecule has 0 atom stereocenters. The average Bonchev–Trinajstić information content (AvgIpc) is 2.05. The summed E-state index contributed by atoms with van der Waals surface area (Å²) in [5.41, 5.74) is 1.28. The van der Waals surface area contributed by atoms with Crippen molar-refractivity contribution in [3.63, 3.8) is 0 Å². The van der Waals surface area contributed by atoms with E-state index in [0.29, 0.717) is 0 Å². The Morgan fingerprint density at radius 1 is 1.45 bits per heavy atom. The van der Waals surface area contributed by atoms with Gasteiger partial charge in [-0.1, -0.05) is 22.9 Å². The molecule has 0 radical (unpaired) electrons. The van der Waals surface area contributed by atoms with Gasteiger partial charge in [0, 0.05) is 4.47 Å². The molecule has 0 aliphatic carbocycles. The van der Waals surface area contributed by atoms with Gasteiger partial charge in [-0.2, -0.15) is 0 Å². The van der Waals surface area contributed by atoms with Gasteiger partial charge in [0.25, 0.3) is 0 Å². The molecular formula is C9H11BrO. The predicted octanol–water partition coefficient (Wildman–Crippen LogP) is 3.02. The van der Waals surface area contributed by atoms with Crippen LogP contribution in [0.25, 0.3) is 0 Å². The molecule has 60 valence electrons. The molecule has 11 heavy (non-hydrogen) atoms. The number of rotatable bonds is 2. The van der Waals surface area contributed by atoms with Crippen LogP contribution in [0.4, 0.5) is 0 Å². The highest BCUT2D eigenvalue weighted by Crippen LogP contribution is 2.22. The highest BCUT2D eigenvalue weighted by molar-refractivity contribution is 9.10. The van der Waals surface area contributed by atoms with Gasteiger partial charge in [0.1, 0.15) is 5.75 Å². The first-order valence-electron chi connectivity index (χ1n) is 3.60. The van der Waals surface area contributed by atoms with Crippen LogP contribution in [0.15, 0.2) is 22.7 Å². The van der Waals surface area contributed by atoms with E-state index in [4.69, 9.17) is 4.74 Å². The Morgan fingerprint density at radius 2 is 2.18 bits per heavy atom. The first-order chi connectivity index (χ1) is 5.27.